The first-order valence-electron chi connectivity index (χ1n) is 2.91. The maximum Gasteiger partial charge on any atom is 0.259 e. The Morgan fingerprint density at radius 2 is 2.44 bits per heavy atom. The summed E-state index contributed by atoms with van der Waals surface area (Å²) in [6.07, 6.45) is 2.08. The molecule has 0 rings (SSSR count). The summed E-state index contributed by atoms with van der Waals surface area (Å²) in [5, 5.41) is 1.15. The first-order chi connectivity index (χ1) is 4.22. The molecule has 3 nitrogen and oxygen atoms in total. The lowest BCUT2D eigenvalue weighted by Crippen LogP contribution is -2.36. The molecule has 3 heteroatoms. The van der Waals surface area contributed by atoms with Crippen LogP contribution in [0.15, 0.2) is 12.7 Å². The number of nitrogens with zero attached hydrogens (tertiary/aromatic N) is 1. The maximum atomic E-state index is 10.6. The fourth-order valence-electron chi connectivity index (χ4n) is 0.468. The van der Waals surface area contributed by atoms with Gasteiger partial charge in [-0.05, 0) is 12.5 Å². The number of amides is 1. The van der Waals surface area contributed by atoms with Gasteiger partial charge in [0.15, 0.2) is 0 Å². The van der Waals surface area contributed by atoms with Crippen molar-refractivity contribution in [2.24, 2.45) is 5.84 Å². The van der Waals surface area contributed by atoms with Crippen molar-refractivity contribution in [2.75, 3.05) is 6.54 Å². The van der Waals surface area contributed by atoms with Crippen molar-refractivity contribution in [3.05, 3.63) is 12.7 Å². The largest absolute Gasteiger partial charge is 0.277 e. The number of nitrogens with two attached hydrogens (primary N) is 1. The third-order valence-corrected chi connectivity index (χ3v) is 0.922. The number of carbonyl (C=O) groups is 1. The third-order valence-electron chi connectivity index (χ3n) is 0.922. The van der Waals surface area contributed by atoms with Gasteiger partial charge < -0.3 is 0 Å². The van der Waals surface area contributed by atoms with E-state index >= 15 is 0 Å². The van der Waals surface area contributed by atoms with Crippen LogP contribution in [-0.4, -0.2) is 17.5 Å². The van der Waals surface area contributed by atoms with E-state index in [2.05, 4.69) is 6.58 Å². The molecule has 0 unspecified atom stereocenters. The van der Waals surface area contributed by atoms with Crippen molar-refractivity contribution in [1.82, 2.24) is 5.01 Å². The van der Waals surface area contributed by atoms with Crippen LogP contribution in [0.4, 0.5) is 0 Å². The minimum atomic E-state index is -0.225. The average molecular weight is 128 g/mol. The van der Waals surface area contributed by atoms with E-state index in [-0.39, 0.29) is 5.91 Å². The van der Waals surface area contributed by atoms with Crippen molar-refractivity contribution in [3.63, 3.8) is 0 Å². The van der Waals surface area contributed by atoms with E-state index in [4.69, 9.17) is 5.84 Å². The molecule has 0 bridgehead atoms. The summed E-state index contributed by atoms with van der Waals surface area (Å²) in [7, 11) is 0. The molecule has 0 aliphatic heterocycles. The monoisotopic (exact) mass is 128 g/mol. The van der Waals surface area contributed by atoms with Crippen molar-refractivity contribution >= 4 is 5.91 Å². The lowest BCUT2D eigenvalue weighted by atomic mass is 10.4. The number of hydrazine groups is 1. The van der Waals surface area contributed by atoms with Crippen LogP contribution in [0.1, 0.15) is 13.3 Å². The molecule has 0 saturated heterocycles. The SMILES string of the molecule is C=CC(=O)N(N)CCC. The van der Waals surface area contributed by atoms with E-state index in [1.165, 1.54) is 6.08 Å². The zero-order valence-corrected chi connectivity index (χ0v) is 5.63. The third kappa shape index (κ3) is 2.87. The maximum absolute atomic E-state index is 10.6. The van der Waals surface area contributed by atoms with Gasteiger partial charge in [-0.25, -0.2) is 5.84 Å². The van der Waals surface area contributed by atoms with Gasteiger partial charge in [0, 0.05) is 6.54 Å². The van der Waals surface area contributed by atoms with Gasteiger partial charge in [0.25, 0.3) is 5.91 Å². The van der Waals surface area contributed by atoms with Crippen molar-refractivity contribution in [2.45, 2.75) is 13.3 Å². The summed E-state index contributed by atoms with van der Waals surface area (Å²) in [5.41, 5.74) is 0. The fourth-order valence-corrected chi connectivity index (χ4v) is 0.468. The molecule has 9 heavy (non-hydrogen) atoms. The molecule has 2 N–H and O–H groups in total. The van der Waals surface area contributed by atoms with Gasteiger partial charge in [0.1, 0.15) is 0 Å². The molecular weight excluding hydrogens is 116 g/mol. The summed E-state index contributed by atoms with van der Waals surface area (Å²) in [4.78, 5) is 10.6. The standard InChI is InChI=1S/C6H12N2O/c1-3-5-8(7)6(9)4-2/h4H,2-3,5,7H2,1H3. The van der Waals surface area contributed by atoms with Gasteiger partial charge in [-0.2, -0.15) is 0 Å². The van der Waals surface area contributed by atoms with Crippen LogP contribution < -0.4 is 5.84 Å². The van der Waals surface area contributed by atoms with Crippen molar-refractivity contribution in [3.8, 4) is 0 Å². The second-order valence-electron chi connectivity index (χ2n) is 1.74. The van der Waals surface area contributed by atoms with E-state index in [1.54, 1.807) is 0 Å². The smallest absolute Gasteiger partial charge is 0.259 e. The minimum Gasteiger partial charge on any atom is -0.277 e. The Hall–Kier alpha value is -0.830. The minimum absolute atomic E-state index is 0.225. The lowest BCUT2D eigenvalue weighted by molar-refractivity contribution is -0.126. The summed E-state index contributed by atoms with van der Waals surface area (Å²) in [6, 6.07) is 0. The highest BCUT2D eigenvalue weighted by atomic mass is 16.2. The first kappa shape index (κ1) is 8.17. The van der Waals surface area contributed by atoms with Gasteiger partial charge in [-0.15, -0.1) is 0 Å². The molecule has 1 amide bonds. The quantitative estimate of drug-likeness (QED) is 0.257. The van der Waals surface area contributed by atoms with Gasteiger partial charge in [0.05, 0.1) is 0 Å². The molecule has 0 aliphatic rings. The molecule has 52 valence electrons. The van der Waals surface area contributed by atoms with Crippen LogP contribution in [0.3, 0.4) is 0 Å². The van der Waals surface area contributed by atoms with Crippen LogP contribution >= 0.6 is 0 Å². The fraction of sp³-hybridized carbons (Fsp3) is 0.500. The summed E-state index contributed by atoms with van der Waals surface area (Å²) >= 11 is 0. The van der Waals surface area contributed by atoms with E-state index in [9.17, 15) is 4.79 Å². The van der Waals surface area contributed by atoms with Crippen LogP contribution in [0, 0.1) is 0 Å². The first-order valence-corrected chi connectivity index (χ1v) is 2.91. The molecule has 0 spiro atoms. The van der Waals surface area contributed by atoms with E-state index < -0.39 is 0 Å². The Morgan fingerprint density at radius 3 is 2.78 bits per heavy atom. The number of rotatable bonds is 3. The normalized spacial score (nSPS) is 8.67. The van der Waals surface area contributed by atoms with Crippen LogP contribution in [0.25, 0.3) is 0 Å². The molecule has 0 saturated carbocycles. The molecule has 0 aromatic carbocycles. The highest BCUT2D eigenvalue weighted by molar-refractivity contribution is 5.86. The highest BCUT2D eigenvalue weighted by Gasteiger charge is 2.00. The Balaban J connectivity index is 3.58. The lowest BCUT2D eigenvalue weighted by Gasteiger charge is -2.11. The molecule has 0 aliphatic carbocycles. The Kier molecular flexibility index (Phi) is 3.71. The molecule has 0 aromatic rings. The Morgan fingerprint density at radius 1 is 1.89 bits per heavy atom. The Labute approximate surface area is 55.1 Å². The van der Waals surface area contributed by atoms with Crippen LogP contribution in [0.2, 0.25) is 0 Å². The van der Waals surface area contributed by atoms with Gasteiger partial charge in [0.2, 0.25) is 0 Å². The van der Waals surface area contributed by atoms with E-state index in [0.29, 0.717) is 6.54 Å². The zero-order chi connectivity index (χ0) is 7.28. The highest BCUT2D eigenvalue weighted by Crippen LogP contribution is 1.83. The van der Waals surface area contributed by atoms with Crippen molar-refractivity contribution in [1.29, 1.82) is 0 Å². The summed E-state index contributed by atoms with van der Waals surface area (Å²) in [6.45, 7) is 5.84. The second-order valence-corrected chi connectivity index (χ2v) is 1.74. The zero-order valence-electron chi connectivity index (χ0n) is 5.63. The van der Waals surface area contributed by atoms with Crippen LogP contribution in [-0.2, 0) is 4.79 Å². The topological polar surface area (TPSA) is 46.3 Å². The molecule has 0 fully saturated rings. The van der Waals surface area contributed by atoms with E-state index in [0.717, 1.165) is 11.4 Å². The predicted octanol–water partition coefficient (Wildman–Crippen LogP) is 0.285. The second kappa shape index (κ2) is 4.09. The molecular formula is C6H12N2O. The van der Waals surface area contributed by atoms with Crippen LogP contribution in [0.5, 0.6) is 0 Å². The van der Waals surface area contributed by atoms with Gasteiger partial charge in [-0.3, -0.25) is 9.80 Å². The van der Waals surface area contributed by atoms with Gasteiger partial charge in [-0.1, -0.05) is 13.5 Å². The van der Waals surface area contributed by atoms with Gasteiger partial charge >= 0.3 is 0 Å². The number of hydrogen-bond acceptors (Lipinski definition) is 2. The number of hydrogen-bond donors (Lipinski definition) is 1. The molecule has 0 aromatic heterocycles. The molecule has 0 radical (unpaired) electrons. The van der Waals surface area contributed by atoms with Crippen molar-refractivity contribution < 1.29 is 4.79 Å². The Bertz CT molecular complexity index is 112. The molecule has 0 atom stereocenters. The average Bonchev–Trinajstić information content (AvgIpc) is 1.87. The summed E-state index contributed by atoms with van der Waals surface area (Å²) < 4.78 is 0. The molecule has 0 heterocycles. The summed E-state index contributed by atoms with van der Waals surface area (Å²) in [5.74, 6) is 5.03. The number of carbonyl (C=O) groups excluding carboxylic acids is 1. The van der Waals surface area contributed by atoms with E-state index in [1.807, 2.05) is 6.92 Å². The predicted molar refractivity (Wildman–Crippen MR) is 36.4 cm³/mol.